The van der Waals surface area contributed by atoms with E-state index in [-0.39, 0.29) is 21.9 Å². The Morgan fingerprint density at radius 1 is 1.15 bits per heavy atom. The first-order chi connectivity index (χ1) is 18.9. The van der Waals surface area contributed by atoms with Crippen LogP contribution < -0.4 is 26.4 Å². The van der Waals surface area contributed by atoms with E-state index in [1.54, 1.807) is 48.5 Å². The Hall–Kier alpha value is -3.33. The van der Waals surface area contributed by atoms with Crippen LogP contribution in [0.15, 0.2) is 54.6 Å². The fraction of sp³-hybridized carbons (Fsp3) is 0.333. The number of ether oxygens (including phenoxy) is 1. The topological polar surface area (TPSA) is 105 Å². The van der Waals surface area contributed by atoms with Crippen molar-refractivity contribution in [2.24, 2.45) is 5.41 Å². The number of rotatable bonds is 5. The maximum Gasteiger partial charge on any atom is 0.242 e. The van der Waals surface area contributed by atoms with Gasteiger partial charge in [-0.3, -0.25) is 9.59 Å². The van der Waals surface area contributed by atoms with E-state index in [0.717, 1.165) is 0 Å². The highest BCUT2D eigenvalue weighted by molar-refractivity contribution is 6.31. The summed E-state index contributed by atoms with van der Waals surface area (Å²) in [6.45, 7) is 6.17. The third-order valence-corrected chi connectivity index (χ3v) is 8.23. The number of carbonyl (C=O) groups excluding carboxylic acids is 2. The molecule has 5 rings (SSSR count). The number of nitrogens with one attached hydrogen (secondary N) is 3. The molecule has 0 radical (unpaired) electrons. The Morgan fingerprint density at radius 2 is 1.90 bits per heavy atom. The number of hydrogen-bond acceptors (Lipinski definition) is 5. The summed E-state index contributed by atoms with van der Waals surface area (Å²) in [6.07, 6.45) is 0.510. The zero-order chi connectivity index (χ0) is 29.0. The average molecular weight is 586 g/mol. The molecular weight excluding hydrogens is 554 g/mol. The van der Waals surface area contributed by atoms with E-state index in [0.29, 0.717) is 39.8 Å². The number of methoxy groups -OCH3 is 1. The lowest BCUT2D eigenvalue weighted by Gasteiger charge is -2.37. The van der Waals surface area contributed by atoms with Gasteiger partial charge in [-0.15, -0.1) is 0 Å². The Labute approximate surface area is 242 Å². The van der Waals surface area contributed by atoms with Gasteiger partial charge >= 0.3 is 0 Å². The third-order valence-electron chi connectivity index (χ3n) is 7.70. The molecule has 0 saturated carbocycles. The van der Waals surface area contributed by atoms with E-state index in [4.69, 9.17) is 33.7 Å². The molecule has 210 valence electrons. The highest BCUT2D eigenvalue weighted by Crippen LogP contribution is 2.57. The van der Waals surface area contributed by atoms with E-state index in [2.05, 4.69) is 36.7 Å². The molecule has 5 N–H and O–H groups in total. The largest absolute Gasteiger partial charge is 0.494 e. The number of carbonyl (C=O) groups is 2. The van der Waals surface area contributed by atoms with Gasteiger partial charge in [0.05, 0.1) is 23.9 Å². The fourth-order valence-corrected chi connectivity index (χ4v) is 6.53. The molecule has 2 amide bonds. The number of benzene rings is 3. The van der Waals surface area contributed by atoms with E-state index in [9.17, 15) is 9.59 Å². The van der Waals surface area contributed by atoms with Crippen molar-refractivity contribution in [2.45, 2.75) is 50.6 Å². The van der Waals surface area contributed by atoms with Gasteiger partial charge in [0.25, 0.3) is 0 Å². The number of nitrogen functional groups attached to an aromatic ring is 1. The molecule has 1 fully saturated rings. The Balaban J connectivity index is 1.72. The van der Waals surface area contributed by atoms with E-state index in [1.807, 2.05) is 0 Å². The van der Waals surface area contributed by atoms with Crippen LogP contribution in [0.2, 0.25) is 10.0 Å². The normalized spacial score (nSPS) is 23.7. The van der Waals surface area contributed by atoms with Crippen molar-refractivity contribution >= 4 is 52.1 Å². The molecule has 1 spiro atoms. The van der Waals surface area contributed by atoms with Gasteiger partial charge in [-0.05, 0) is 53.3 Å². The first kappa shape index (κ1) is 28.2. The van der Waals surface area contributed by atoms with Crippen LogP contribution >= 0.6 is 23.2 Å². The van der Waals surface area contributed by atoms with E-state index < -0.39 is 35.1 Å². The summed E-state index contributed by atoms with van der Waals surface area (Å²) in [5.74, 6) is -2.06. The Bertz CT molecular complexity index is 1510. The first-order valence-corrected chi connectivity index (χ1v) is 13.7. The highest BCUT2D eigenvalue weighted by atomic mass is 35.5. The van der Waals surface area contributed by atoms with Crippen LogP contribution in [0, 0.1) is 11.2 Å². The van der Waals surface area contributed by atoms with Gasteiger partial charge in [-0.1, -0.05) is 62.2 Å². The first-order valence-electron chi connectivity index (χ1n) is 12.9. The summed E-state index contributed by atoms with van der Waals surface area (Å²) >= 11 is 12.5. The second-order valence-electron chi connectivity index (χ2n) is 11.5. The second-order valence-corrected chi connectivity index (χ2v) is 12.4. The number of anilines is 3. The molecule has 7 nitrogen and oxygen atoms in total. The van der Waals surface area contributed by atoms with Crippen LogP contribution in [0.5, 0.6) is 5.75 Å². The third kappa shape index (κ3) is 4.68. The van der Waals surface area contributed by atoms with Gasteiger partial charge < -0.3 is 26.4 Å². The summed E-state index contributed by atoms with van der Waals surface area (Å²) in [4.78, 5) is 28.3. The zero-order valence-corrected chi connectivity index (χ0v) is 24.1. The quantitative estimate of drug-likeness (QED) is 0.271. The molecule has 1 saturated heterocycles. The van der Waals surface area contributed by atoms with Crippen molar-refractivity contribution in [3.8, 4) is 5.75 Å². The van der Waals surface area contributed by atoms with Crippen LogP contribution in [0.25, 0.3) is 0 Å². The molecule has 0 unspecified atom stereocenters. The molecule has 0 aromatic heterocycles. The molecule has 2 aliphatic rings. The van der Waals surface area contributed by atoms with Crippen LogP contribution in [0.1, 0.15) is 44.2 Å². The van der Waals surface area contributed by atoms with Crippen molar-refractivity contribution in [3.63, 3.8) is 0 Å². The van der Waals surface area contributed by atoms with Gasteiger partial charge in [-0.2, -0.15) is 0 Å². The van der Waals surface area contributed by atoms with Crippen molar-refractivity contribution in [1.82, 2.24) is 5.32 Å². The van der Waals surface area contributed by atoms with Gasteiger partial charge in [0.1, 0.15) is 17.0 Å². The summed E-state index contributed by atoms with van der Waals surface area (Å²) < 4.78 is 21.3. The Morgan fingerprint density at radius 3 is 2.60 bits per heavy atom. The molecule has 0 aliphatic carbocycles. The Kier molecular flexibility index (Phi) is 7.23. The fourth-order valence-electron chi connectivity index (χ4n) is 6.17. The van der Waals surface area contributed by atoms with Crippen molar-refractivity contribution in [3.05, 3.63) is 81.6 Å². The zero-order valence-electron chi connectivity index (χ0n) is 22.6. The minimum Gasteiger partial charge on any atom is -0.494 e. The SMILES string of the molecule is COc1cc(N)ccc1NC(=O)[C@@H]1N[C@@H](CC(C)(C)C)[C@@]2(C(=O)Nc3cc(Cl)ccc32)[C@H]1c1cccc(Cl)c1F. The van der Waals surface area contributed by atoms with Crippen LogP contribution in [-0.2, 0) is 15.0 Å². The highest BCUT2D eigenvalue weighted by Gasteiger charge is 2.66. The molecule has 2 aliphatic heterocycles. The maximum atomic E-state index is 15.9. The number of hydrogen-bond donors (Lipinski definition) is 4. The standard InChI is InChI=1S/C30H31Cl2FN4O3/c1-29(2,3)14-23-30(18-10-8-15(31)12-21(18)36-28(30)39)24(17-6-5-7-19(32)25(17)33)26(37-23)27(38)35-20-11-9-16(34)13-22(20)40-4/h5-13,23-24,26,37H,14,34H2,1-4H3,(H,35,38)(H,36,39)/t23-,24-,26+,30+/m0/s1. The van der Waals surface area contributed by atoms with Gasteiger partial charge in [0.15, 0.2) is 0 Å². The summed E-state index contributed by atoms with van der Waals surface area (Å²) in [5.41, 5.74) is 6.52. The smallest absolute Gasteiger partial charge is 0.242 e. The number of fused-ring (bicyclic) bond motifs is 2. The van der Waals surface area contributed by atoms with Crippen molar-refractivity contribution in [2.75, 3.05) is 23.5 Å². The lowest BCUT2D eigenvalue weighted by Crippen LogP contribution is -2.49. The van der Waals surface area contributed by atoms with Gasteiger partial charge in [-0.25, -0.2) is 4.39 Å². The lowest BCUT2D eigenvalue weighted by molar-refractivity contribution is -0.122. The van der Waals surface area contributed by atoms with Crippen LogP contribution in [0.4, 0.5) is 21.5 Å². The number of amides is 2. The van der Waals surface area contributed by atoms with Crippen LogP contribution in [-0.4, -0.2) is 31.0 Å². The molecule has 4 atom stereocenters. The predicted molar refractivity (Wildman–Crippen MR) is 157 cm³/mol. The molecule has 0 bridgehead atoms. The molecular formula is C30H31Cl2FN4O3. The predicted octanol–water partition coefficient (Wildman–Crippen LogP) is 6.11. The minimum atomic E-state index is -1.34. The van der Waals surface area contributed by atoms with Crippen molar-refractivity contribution in [1.29, 1.82) is 0 Å². The van der Waals surface area contributed by atoms with E-state index in [1.165, 1.54) is 13.2 Å². The molecule has 3 aromatic carbocycles. The molecule has 3 aromatic rings. The molecule has 40 heavy (non-hydrogen) atoms. The second kappa shape index (κ2) is 10.3. The van der Waals surface area contributed by atoms with E-state index >= 15 is 4.39 Å². The summed E-state index contributed by atoms with van der Waals surface area (Å²) in [7, 11) is 1.47. The minimum absolute atomic E-state index is 0.0963. The van der Waals surface area contributed by atoms with Gasteiger partial charge in [0, 0.05) is 34.4 Å². The number of nitrogens with two attached hydrogens (primary N) is 1. The average Bonchev–Trinajstić information content (AvgIpc) is 3.35. The van der Waals surface area contributed by atoms with Crippen LogP contribution in [0.3, 0.4) is 0 Å². The summed E-state index contributed by atoms with van der Waals surface area (Å²) in [5, 5.41) is 9.68. The molecule has 2 heterocycles. The summed E-state index contributed by atoms with van der Waals surface area (Å²) in [6, 6.07) is 13.1. The van der Waals surface area contributed by atoms with Gasteiger partial charge in [0.2, 0.25) is 11.8 Å². The molecule has 10 heteroatoms. The number of halogens is 3. The van der Waals surface area contributed by atoms with Crippen molar-refractivity contribution < 1.29 is 18.7 Å². The monoisotopic (exact) mass is 584 g/mol. The maximum absolute atomic E-state index is 15.9. The lowest BCUT2D eigenvalue weighted by atomic mass is 9.62.